The van der Waals surface area contributed by atoms with Gasteiger partial charge in [0.1, 0.15) is 18.0 Å². The van der Waals surface area contributed by atoms with Crippen molar-refractivity contribution in [1.29, 1.82) is 0 Å². The van der Waals surface area contributed by atoms with Gasteiger partial charge in [0.2, 0.25) is 0 Å². The summed E-state index contributed by atoms with van der Waals surface area (Å²) >= 11 is 0. The minimum atomic E-state index is 0.755. The van der Waals surface area contributed by atoms with Gasteiger partial charge in [-0.25, -0.2) is 9.97 Å². The molecule has 1 fully saturated rings. The van der Waals surface area contributed by atoms with Crippen molar-refractivity contribution in [2.24, 2.45) is 0 Å². The second-order valence-corrected chi connectivity index (χ2v) is 5.00. The van der Waals surface area contributed by atoms with Gasteiger partial charge in [-0.05, 0) is 18.1 Å². The highest BCUT2D eigenvalue weighted by Crippen LogP contribution is 2.22. The maximum atomic E-state index is 5.38. The van der Waals surface area contributed by atoms with Crippen LogP contribution in [0.25, 0.3) is 0 Å². The van der Waals surface area contributed by atoms with Crippen molar-refractivity contribution in [3.05, 3.63) is 42.2 Å². The van der Waals surface area contributed by atoms with E-state index < -0.39 is 0 Å². The van der Waals surface area contributed by atoms with Gasteiger partial charge in [0.25, 0.3) is 0 Å². The molecule has 0 atom stereocenters. The lowest BCUT2D eigenvalue weighted by molar-refractivity contribution is 0.122. The van der Waals surface area contributed by atoms with Crippen LogP contribution in [0.5, 0.6) is 0 Å². The van der Waals surface area contributed by atoms with Crippen molar-refractivity contribution in [3.8, 4) is 0 Å². The Morgan fingerprint density at radius 3 is 2.81 bits per heavy atom. The summed E-state index contributed by atoms with van der Waals surface area (Å²) in [5, 5.41) is 3.39. The van der Waals surface area contributed by atoms with Crippen LogP contribution in [0.15, 0.2) is 36.7 Å². The van der Waals surface area contributed by atoms with E-state index >= 15 is 0 Å². The molecule has 1 aliphatic rings. The Labute approximate surface area is 125 Å². The average Bonchev–Trinajstić information content (AvgIpc) is 2.56. The van der Waals surface area contributed by atoms with Gasteiger partial charge >= 0.3 is 0 Å². The van der Waals surface area contributed by atoms with Crippen molar-refractivity contribution in [2.75, 3.05) is 36.5 Å². The highest BCUT2D eigenvalue weighted by Gasteiger charge is 2.13. The summed E-state index contributed by atoms with van der Waals surface area (Å²) in [6, 6.07) is 10.3. The topological polar surface area (TPSA) is 50.3 Å². The first-order chi connectivity index (χ1) is 10.4. The van der Waals surface area contributed by atoms with Crippen LogP contribution in [0.2, 0.25) is 0 Å². The van der Waals surface area contributed by atoms with Crippen LogP contribution in [0.3, 0.4) is 0 Å². The highest BCUT2D eigenvalue weighted by molar-refractivity contribution is 5.62. The minimum Gasteiger partial charge on any atom is -0.378 e. The minimum absolute atomic E-state index is 0.755. The Morgan fingerprint density at radius 2 is 2.00 bits per heavy atom. The van der Waals surface area contributed by atoms with Crippen molar-refractivity contribution < 1.29 is 4.74 Å². The van der Waals surface area contributed by atoms with Gasteiger partial charge in [-0.3, -0.25) is 0 Å². The Kier molecular flexibility index (Phi) is 4.31. The zero-order chi connectivity index (χ0) is 14.5. The third-order valence-electron chi connectivity index (χ3n) is 3.65. The van der Waals surface area contributed by atoms with Gasteiger partial charge in [-0.15, -0.1) is 0 Å². The maximum absolute atomic E-state index is 5.38. The van der Waals surface area contributed by atoms with Crippen molar-refractivity contribution in [3.63, 3.8) is 0 Å². The predicted octanol–water partition coefficient (Wildman–Crippen LogP) is 2.62. The Hall–Kier alpha value is -2.14. The van der Waals surface area contributed by atoms with Crippen LogP contribution in [0.1, 0.15) is 12.5 Å². The summed E-state index contributed by atoms with van der Waals surface area (Å²) < 4.78 is 5.38. The zero-order valence-electron chi connectivity index (χ0n) is 12.2. The number of nitrogens with one attached hydrogen (secondary N) is 1. The van der Waals surface area contributed by atoms with Crippen LogP contribution < -0.4 is 10.2 Å². The van der Waals surface area contributed by atoms with Crippen LogP contribution in [0, 0.1) is 0 Å². The molecule has 0 amide bonds. The summed E-state index contributed by atoms with van der Waals surface area (Å²) in [6.45, 7) is 5.42. The highest BCUT2D eigenvalue weighted by atomic mass is 16.5. The van der Waals surface area contributed by atoms with Gasteiger partial charge in [0.05, 0.1) is 13.2 Å². The van der Waals surface area contributed by atoms with E-state index in [2.05, 4.69) is 45.3 Å². The standard InChI is InChI=1S/C16H20N4O/c1-2-13-5-3-4-6-14(13)19-15-11-16(18-12-17-15)20-7-9-21-10-8-20/h3-6,11-12H,2,7-10H2,1H3,(H,17,18,19). The summed E-state index contributed by atoms with van der Waals surface area (Å²) in [7, 11) is 0. The molecule has 0 radical (unpaired) electrons. The average molecular weight is 284 g/mol. The molecule has 1 saturated heterocycles. The number of hydrogen-bond acceptors (Lipinski definition) is 5. The van der Waals surface area contributed by atoms with Gasteiger partial charge in [-0.2, -0.15) is 0 Å². The Bertz CT molecular complexity index is 596. The molecule has 0 saturated carbocycles. The molecule has 1 aromatic carbocycles. The first-order valence-electron chi connectivity index (χ1n) is 7.36. The normalized spacial score (nSPS) is 15.0. The molecule has 0 spiro atoms. The third-order valence-corrected chi connectivity index (χ3v) is 3.65. The lowest BCUT2D eigenvalue weighted by Gasteiger charge is -2.27. The number of ether oxygens (including phenoxy) is 1. The van der Waals surface area contributed by atoms with E-state index in [0.29, 0.717) is 0 Å². The van der Waals surface area contributed by atoms with E-state index in [1.165, 1.54) is 5.56 Å². The Balaban J connectivity index is 1.79. The summed E-state index contributed by atoms with van der Waals surface area (Å²) in [5.41, 5.74) is 2.38. The molecule has 1 aliphatic heterocycles. The molecule has 2 heterocycles. The number of morpholine rings is 1. The van der Waals surface area contributed by atoms with Gasteiger partial charge in [0, 0.05) is 24.8 Å². The van der Waals surface area contributed by atoms with E-state index in [1.54, 1.807) is 6.33 Å². The van der Waals surface area contributed by atoms with Crippen molar-refractivity contribution in [2.45, 2.75) is 13.3 Å². The fourth-order valence-corrected chi connectivity index (χ4v) is 2.47. The second kappa shape index (κ2) is 6.54. The van der Waals surface area contributed by atoms with E-state index in [9.17, 15) is 0 Å². The number of aromatic nitrogens is 2. The lowest BCUT2D eigenvalue weighted by Crippen LogP contribution is -2.36. The lowest BCUT2D eigenvalue weighted by atomic mass is 10.1. The fourth-order valence-electron chi connectivity index (χ4n) is 2.47. The fraction of sp³-hybridized carbons (Fsp3) is 0.375. The molecule has 2 aromatic rings. The number of aryl methyl sites for hydroxylation is 1. The van der Waals surface area contributed by atoms with Crippen LogP contribution in [0.4, 0.5) is 17.3 Å². The SMILES string of the molecule is CCc1ccccc1Nc1cc(N2CCOCC2)ncn1. The number of nitrogens with zero attached hydrogens (tertiary/aromatic N) is 3. The largest absolute Gasteiger partial charge is 0.378 e. The van der Waals surface area contributed by atoms with Crippen LogP contribution in [-0.2, 0) is 11.2 Å². The first-order valence-corrected chi connectivity index (χ1v) is 7.36. The molecular weight excluding hydrogens is 264 g/mol. The van der Waals surface area contributed by atoms with E-state index in [-0.39, 0.29) is 0 Å². The van der Waals surface area contributed by atoms with Gasteiger partial charge < -0.3 is 15.0 Å². The molecule has 1 aromatic heterocycles. The maximum Gasteiger partial charge on any atom is 0.135 e. The molecule has 0 unspecified atom stereocenters. The number of benzene rings is 1. The number of hydrogen-bond donors (Lipinski definition) is 1. The van der Waals surface area contributed by atoms with Gasteiger partial charge in [-0.1, -0.05) is 25.1 Å². The van der Waals surface area contributed by atoms with Crippen LogP contribution in [-0.4, -0.2) is 36.3 Å². The smallest absolute Gasteiger partial charge is 0.135 e. The molecule has 1 N–H and O–H groups in total. The second-order valence-electron chi connectivity index (χ2n) is 5.00. The molecule has 5 nitrogen and oxygen atoms in total. The quantitative estimate of drug-likeness (QED) is 0.935. The summed E-state index contributed by atoms with van der Waals surface area (Å²) in [4.78, 5) is 10.9. The number of para-hydroxylation sites is 1. The van der Waals surface area contributed by atoms with E-state index in [0.717, 1.165) is 50.0 Å². The van der Waals surface area contributed by atoms with Crippen molar-refractivity contribution >= 4 is 17.3 Å². The zero-order valence-corrected chi connectivity index (χ0v) is 12.2. The molecular formula is C16H20N4O. The van der Waals surface area contributed by atoms with Gasteiger partial charge in [0.15, 0.2) is 0 Å². The molecule has 110 valence electrons. The molecule has 21 heavy (non-hydrogen) atoms. The first kappa shape index (κ1) is 13.8. The van der Waals surface area contributed by atoms with Crippen LogP contribution >= 0.6 is 0 Å². The molecule has 5 heteroatoms. The van der Waals surface area contributed by atoms with E-state index in [1.807, 2.05) is 12.1 Å². The Morgan fingerprint density at radius 1 is 1.19 bits per heavy atom. The van der Waals surface area contributed by atoms with Crippen molar-refractivity contribution in [1.82, 2.24) is 9.97 Å². The summed E-state index contributed by atoms with van der Waals surface area (Å²) in [5.74, 6) is 1.78. The molecule has 3 rings (SSSR count). The van der Waals surface area contributed by atoms with E-state index in [4.69, 9.17) is 4.74 Å². The number of anilines is 3. The third kappa shape index (κ3) is 3.31. The molecule has 0 bridgehead atoms. The molecule has 0 aliphatic carbocycles. The number of rotatable bonds is 4. The predicted molar refractivity (Wildman–Crippen MR) is 84.2 cm³/mol. The monoisotopic (exact) mass is 284 g/mol. The summed E-state index contributed by atoms with van der Waals surface area (Å²) in [6.07, 6.45) is 2.60.